The van der Waals surface area contributed by atoms with Crippen LogP contribution in [0.15, 0.2) is 0 Å². The minimum Gasteiger partial charge on any atom is -0.330 e. The molecule has 0 aromatic rings. The number of Topliss-reactive ketones (excluding diaryl/α,β-unsaturated/α-hetero) is 1. The molecule has 1 aliphatic carbocycles. The van der Waals surface area contributed by atoms with Gasteiger partial charge < -0.3 is 4.84 Å². The number of hydrogen-bond donors (Lipinski definition) is 0. The van der Waals surface area contributed by atoms with Gasteiger partial charge in [-0.2, -0.15) is 0 Å². The molecular formula is C15H21NO5. The minimum atomic E-state index is -0.533. The Labute approximate surface area is 123 Å². The van der Waals surface area contributed by atoms with E-state index in [1.165, 1.54) is 0 Å². The van der Waals surface area contributed by atoms with Crippen LogP contribution in [0.5, 0.6) is 0 Å². The highest BCUT2D eigenvalue weighted by molar-refractivity contribution is 6.01. The molecule has 0 bridgehead atoms. The van der Waals surface area contributed by atoms with E-state index >= 15 is 0 Å². The Hall–Kier alpha value is -1.72. The van der Waals surface area contributed by atoms with Gasteiger partial charge in [-0.1, -0.05) is 13.8 Å². The molecule has 2 fully saturated rings. The molecule has 0 aromatic heterocycles. The molecule has 1 heterocycles. The number of imide groups is 1. The first-order chi connectivity index (χ1) is 9.90. The summed E-state index contributed by atoms with van der Waals surface area (Å²) in [6.07, 6.45) is 2.66. The van der Waals surface area contributed by atoms with Crippen LogP contribution in [-0.4, -0.2) is 28.6 Å². The SMILES string of the molecule is CC(C)C(=O)C1CCC(C(=O)ON2C(=O)CCC2=O)CC1. The average Bonchev–Trinajstić information content (AvgIpc) is 2.78. The van der Waals surface area contributed by atoms with E-state index in [0.717, 1.165) is 0 Å². The maximum absolute atomic E-state index is 12.0. The van der Waals surface area contributed by atoms with E-state index in [1.54, 1.807) is 0 Å². The molecule has 0 unspecified atom stereocenters. The smallest absolute Gasteiger partial charge is 0.330 e. The predicted octanol–water partition coefficient (Wildman–Crippen LogP) is 1.63. The van der Waals surface area contributed by atoms with E-state index in [0.29, 0.717) is 30.7 Å². The number of amides is 2. The summed E-state index contributed by atoms with van der Waals surface area (Å²) in [5, 5.41) is 0.591. The summed E-state index contributed by atoms with van der Waals surface area (Å²) >= 11 is 0. The molecule has 6 heteroatoms. The van der Waals surface area contributed by atoms with Crippen molar-refractivity contribution in [1.29, 1.82) is 0 Å². The van der Waals surface area contributed by atoms with Crippen LogP contribution in [0.25, 0.3) is 0 Å². The van der Waals surface area contributed by atoms with Gasteiger partial charge in [-0.25, -0.2) is 4.79 Å². The Bertz CT molecular complexity index is 447. The Morgan fingerprint density at radius 3 is 1.95 bits per heavy atom. The Balaban J connectivity index is 1.85. The van der Waals surface area contributed by atoms with E-state index in [2.05, 4.69) is 0 Å². The van der Waals surface area contributed by atoms with E-state index < -0.39 is 17.8 Å². The molecule has 2 amide bonds. The van der Waals surface area contributed by atoms with E-state index in [9.17, 15) is 19.2 Å². The molecule has 1 saturated heterocycles. The lowest BCUT2D eigenvalue weighted by Gasteiger charge is -2.27. The highest BCUT2D eigenvalue weighted by Crippen LogP contribution is 2.32. The van der Waals surface area contributed by atoms with Crippen molar-refractivity contribution in [3.63, 3.8) is 0 Å². The van der Waals surface area contributed by atoms with E-state index in [1.807, 2.05) is 13.8 Å². The monoisotopic (exact) mass is 295 g/mol. The topological polar surface area (TPSA) is 80.8 Å². The molecule has 6 nitrogen and oxygen atoms in total. The van der Waals surface area contributed by atoms with Crippen molar-refractivity contribution in [3.8, 4) is 0 Å². The third-order valence-electron chi connectivity index (χ3n) is 4.22. The van der Waals surface area contributed by atoms with Crippen molar-refractivity contribution in [2.45, 2.75) is 52.4 Å². The fraction of sp³-hybridized carbons (Fsp3) is 0.733. The van der Waals surface area contributed by atoms with Crippen LogP contribution in [0.4, 0.5) is 0 Å². The van der Waals surface area contributed by atoms with E-state index in [-0.39, 0.29) is 36.4 Å². The lowest BCUT2D eigenvalue weighted by atomic mass is 9.78. The van der Waals surface area contributed by atoms with Gasteiger partial charge in [0.1, 0.15) is 5.78 Å². The standard InChI is InChI=1S/C15H21NO5/c1-9(2)14(19)10-3-5-11(6-4-10)15(20)21-16-12(17)7-8-13(16)18/h9-11H,3-8H2,1-2H3. The molecule has 1 saturated carbocycles. The number of hydrogen-bond acceptors (Lipinski definition) is 5. The van der Waals surface area contributed by atoms with Crippen molar-refractivity contribution in [2.24, 2.45) is 17.8 Å². The van der Waals surface area contributed by atoms with Crippen LogP contribution in [0, 0.1) is 17.8 Å². The maximum atomic E-state index is 12.0. The van der Waals surface area contributed by atoms with Crippen molar-refractivity contribution < 1.29 is 24.0 Å². The number of carbonyl (C=O) groups is 4. The summed E-state index contributed by atoms with van der Waals surface area (Å²) in [4.78, 5) is 51.7. The third kappa shape index (κ3) is 3.49. The minimum absolute atomic E-state index is 0.0124. The van der Waals surface area contributed by atoms with Crippen molar-refractivity contribution >= 4 is 23.6 Å². The maximum Gasteiger partial charge on any atom is 0.336 e. The molecule has 0 radical (unpaired) electrons. The lowest BCUT2D eigenvalue weighted by molar-refractivity contribution is -0.201. The molecule has 0 spiro atoms. The largest absolute Gasteiger partial charge is 0.336 e. The summed E-state index contributed by atoms with van der Waals surface area (Å²) in [6, 6.07) is 0. The van der Waals surface area contributed by atoms with Crippen LogP contribution in [-0.2, 0) is 24.0 Å². The average molecular weight is 295 g/mol. The van der Waals surface area contributed by atoms with Gasteiger partial charge in [-0.05, 0) is 25.7 Å². The second-order valence-corrected chi connectivity index (χ2v) is 6.10. The first-order valence-electron chi connectivity index (χ1n) is 7.51. The summed E-state index contributed by atoms with van der Waals surface area (Å²) in [6.45, 7) is 3.76. The quantitative estimate of drug-likeness (QED) is 0.736. The molecule has 1 aliphatic heterocycles. The van der Waals surface area contributed by atoms with Gasteiger partial charge >= 0.3 is 5.97 Å². The zero-order valence-electron chi connectivity index (χ0n) is 12.5. The Kier molecular flexibility index (Phi) is 4.75. The second kappa shape index (κ2) is 6.37. The second-order valence-electron chi connectivity index (χ2n) is 6.10. The zero-order valence-corrected chi connectivity index (χ0v) is 12.5. The van der Waals surface area contributed by atoms with Crippen molar-refractivity contribution in [3.05, 3.63) is 0 Å². The van der Waals surface area contributed by atoms with Crippen LogP contribution in [0.1, 0.15) is 52.4 Å². The molecule has 21 heavy (non-hydrogen) atoms. The number of nitrogens with zero attached hydrogens (tertiary/aromatic N) is 1. The summed E-state index contributed by atoms with van der Waals surface area (Å²) in [7, 11) is 0. The van der Waals surface area contributed by atoms with Gasteiger partial charge in [0, 0.05) is 24.7 Å². The molecular weight excluding hydrogens is 274 g/mol. The first-order valence-corrected chi connectivity index (χ1v) is 7.51. The molecule has 116 valence electrons. The fourth-order valence-electron chi connectivity index (χ4n) is 2.91. The van der Waals surface area contributed by atoms with Crippen molar-refractivity contribution in [1.82, 2.24) is 5.06 Å². The number of carbonyl (C=O) groups excluding carboxylic acids is 4. The van der Waals surface area contributed by atoms with Gasteiger partial charge in [0.05, 0.1) is 5.92 Å². The summed E-state index contributed by atoms with van der Waals surface area (Å²) < 4.78 is 0. The van der Waals surface area contributed by atoms with Gasteiger partial charge in [0.15, 0.2) is 0 Å². The van der Waals surface area contributed by atoms with Crippen LogP contribution in [0.2, 0.25) is 0 Å². The third-order valence-corrected chi connectivity index (χ3v) is 4.22. The van der Waals surface area contributed by atoms with Crippen molar-refractivity contribution in [2.75, 3.05) is 0 Å². The van der Waals surface area contributed by atoms with Crippen LogP contribution >= 0.6 is 0 Å². The van der Waals surface area contributed by atoms with Gasteiger partial charge in [0.25, 0.3) is 11.8 Å². The number of ketones is 1. The van der Waals surface area contributed by atoms with Crippen LogP contribution in [0.3, 0.4) is 0 Å². The Morgan fingerprint density at radius 1 is 1.00 bits per heavy atom. The molecule has 2 rings (SSSR count). The predicted molar refractivity (Wildman–Crippen MR) is 72.5 cm³/mol. The molecule has 0 aromatic carbocycles. The van der Waals surface area contributed by atoms with Gasteiger partial charge in [-0.3, -0.25) is 14.4 Å². The number of rotatable bonds is 4. The summed E-state index contributed by atoms with van der Waals surface area (Å²) in [5.74, 6) is -1.51. The summed E-state index contributed by atoms with van der Waals surface area (Å²) in [5.41, 5.74) is 0. The van der Waals surface area contributed by atoms with Crippen LogP contribution < -0.4 is 0 Å². The molecule has 2 aliphatic rings. The van der Waals surface area contributed by atoms with E-state index in [4.69, 9.17) is 4.84 Å². The van der Waals surface area contributed by atoms with Gasteiger partial charge in [-0.15, -0.1) is 5.06 Å². The first kappa shape index (κ1) is 15.7. The lowest BCUT2D eigenvalue weighted by Crippen LogP contribution is -2.36. The Morgan fingerprint density at radius 2 is 1.48 bits per heavy atom. The number of hydroxylamine groups is 2. The molecule has 0 N–H and O–H groups in total. The highest BCUT2D eigenvalue weighted by atomic mass is 16.7. The fourth-order valence-corrected chi connectivity index (χ4v) is 2.91. The molecule has 0 atom stereocenters. The zero-order chi connectivity index (χ0) is 15.6. The van der Waals surface area contributed by atoms with Gasteiger partial charge in [0.2, 0.25) is 0 Å². The highest BCUT2D eigenvalue weighted by Gasteiger charge is 2.37. The normalized spacial score (nSPS) is 26.3.